The minimum Gasteiger partial charge on any atom is -0.369 e. The molecule has 0 fully saturated rings. The number of anilines is 1. The molecule has 104 valence electrons. The highest BCUT2D eigenvalue weighted by atomic mass is 16.1. The first-order valence-electron chi connectivity index (χ1n) is 6.64. The molecular weight excluding hydrogens is 254 g/mol. The number of aromatic nitrogens is 3. The third kappa shape index (κ3) is 2.42. The molecule has 2 aromatic rings. The molecule has 3 heterocycles. The number of nitrogens with one attached hydrogen (secondary N) is 1. The Hall–Kier alpha value is -2.21. The van der Waals surface area contributed by atoms with E-state index in [2.05, 4.69) is 25.9 Å². The SMILES string of the molecule is Cc1ncccc1CN1CCc2nc(N)[nH]c(=O)c2C1. The minimum atomic E-state index is -0.125. The van der Waals surface area contributed by atoms with Crippen LogP contribution in [-0.4, -0.2) is 26.4 Å². The summed E-state index contributed by atoms with van der Waals surface area (Å²) in [7, 11) is 0. The smallest absolute Gasteiger partial charge is 0.257 e. The summed E-state index contributed by atoms with van der Waals surface area (Å²) in [5.41, 5.74) is 9.22. The average Bonchev–Trinajstić information content (AvgIpc) is 2.42. The molecule has 0 bridgehead atoms. The molecule has 0 aromatic carbocycles. The Labute approximate surface area is 116 Å². The van der Waals surface area contributed by atoms with Crippen molar-refractivity contribution in [2.45, 2.75) is 26.4 Å². The molecule has 20 heavy (non-hydrogen) atoms. The van der Waals surface area contributed by atoms with Gasteiger partial charge in [-0.2, -0.15) is 0 Å². The summed E-state index contributed by atoms with van der Waals surface area (Å²) >= 11 is 0. The Morgan fingerprint density at radius 3 is 3.15 bits per heavy atom. The molecule has 0 aliphatic carbocycles. The van der Waals surface area contributed by atoms with Crippen LogP contribution in [0.3, 0.4) is 0 Å². The zero-order valence-electron chi connectivity index (χ0n) is 11.4. The van der Waals surface area contributed by atoms with Crippen LogP contribution in [0.5, 0.6) is 0 Å². The quantitative estimate of drug-likeness (QED) is 0.835. The van der Waals surface area contributed by atoms with Crippen LogP contribution in [0.25, 0.3) is 0 Å². The van der Waals surface area contributed by atoms with Gasteiger partial charge >= 0.3 is 0 Å². The number of fused-ring (bicyclic) bond motifs is 1. The van der Waals surface area contributed by atoms with Gasteiger partial charge in [-0.1, -0.05) is 6.07 Å². The molecule has 0 unspecified atom stereocenters. The van der Waals surface area contributed by atoms with E-state index in [1.165, 1.54) is 5.56 Å². The highest BCUT2D eigenvalue weighted by Gasteiger charge is 2.21. The lowest BCUT2D eigenvalue weighted by Gasteiger charge is -2.27. The monoisotopic (exact) mass is 271 g/mol. The number of pyridine rings is 1. The van der Waals surface area contributed by atoms with Gasteiger partial charge < -0.3 is 5.73 Å². The van der Waals surface area contributed by atoms with Crippen LogP contribution in [0.4, 0.5) is 5.95 Å². The van der Waals surface area contributed by atoms with Crippen molar-refractivity contribution in [1.29, 1.82) is 0 Å². The van der Waals surface area contributed by atoms with E-state index in [9.17, 15) is 4.79 Å². The van der Waals surface area contributed by atoms with Crippen molar-refractivity contribution >= 4 is 5.95 Å². The van der Waals surface area contributed by atoms with Gasteiger partial charge in [0.15, 0.2) is 0 Å². The first kappa shape index (κ1) is 12.8. The van der Waals surface area contributed by atoms with Gasteiger partial charge in [0.1, 0.15) is 0 Å². The second-order valence-corrected chi connectivity index (χ2v) is 5.09. The second-order valence-electron chi connectivity index (χ2n) is 5.09. The fourth-order valence-electron chi connectivity index (χ4n) is 2.56. The van der Waals surface area contributed by atoms with E-state index in [0.717, 1.165) is 36.5 Å². The standard InChI is InChI=1S/C14H17N5O/c1-9-10(3-2-5-16-9)7-19-6-4-12-11(8-19)13(20)18-14(15)17-12/h2-3,5H,4,6-8H2,1H3,(H3,15,17,18,20). The summed E-state index contributed by atoms with van der Waals surface area (Å²) in [4.78, 5) is 25.2. The van der Waals surface area contributed by atoms with Crippen molar-refractivity contribution in [2.24, 2.45) is 0 Å². The fourth-order valence-corrected chi connectivity index (χ4v) is 2.56. The number of nitrogens with zero attached hydrogens (tertiary/aromatic N) is 3. The molecule has 6 heteroatoms. The van der Waals surface area contributed by atoms with Gasteiger partial charge in [0.25, 0.3) is 5.56 Å². The maximum Gasteiger partial charge on any atom is 0.257 e. The maximum absolute atomic E-state index is 11.9. The Morgan fingerprint density at radius 1 is 1.50 bits per heavy atom. The topological polar surface area (TPSA) is 87.9 Å². The van der Waals surface area contributed by atoms with Crippen LogP contribution in [0.2, 0.25) is 0 Å². The fraction of sp³-hybridized carbons (Fsp3) is 0.357. The largest absolute Gasteiger partial charge is 0.369 e. The van der Waals surface area contributed by atoms with Gasteiger partial charge in [0, 0.05) is 37.9 Å². The second kappa shape index (κ2) is 5.05. The van der Waals surface area contributed by atoms with Crippen molar-refractivity contribution < 1.29 is 0 Å². The number of nitrogen functional groups attached to an aromatic ring is 1. The van der Waals surface area contributed by atoms with Crippen LogP contribution in [0.1, 0.15) is 22.5 Å². The zero-order chi connectivity index (χ0) is 14.1. The van der Waals surface area contributed by atoms with Crippen molar-refractivity contribution in [3.63, 3.8) is 0 Å². The van der Waals surface area contributed by atoms with Crippen LogP contribution < -0.4 is 11.3 Å². The van der Waals surface area contributed by atoms with Crippen molar-refractivity contribution in [3.05, 3.63) is 51.2 Å². The Kier molecular flexibility index (Phi) is 3.23. The molecule has 0 atom stereocenters. The Morgan fingerprint density at radius 2 is 2.35 bits per heavy atom. The molecular formula is C14H17N5O. The van der Waals surface area contributed by atoms with Crippen LogP contribution >= 0.6 is 0 Å². The normalized spacial score (nSPS) is 15.1. The van der Waals surface area contributed by atoms with Crippen LogP contribution in [-0.2, 0) is 19.5 Å². The third-order valence-electron chi connectivity index (χ3n) is 3.68. The summed E-state index contributed by atoms with van der Waals surface area (Å²) in [5.74, 6) is 0.199. The van der Waals surface area contributed by atoms with Crippen molar-refractivity contribution in [1.82, 2.24) is 19.9 Å². The number of hydrogen-bond donors (Lipinski definition) is 2. The number of hydrogen-bond acceptors (Lipinski definition) is 5. The zero-order valence-corrected chi connectivity index (χ0v) is 11.4. The van der Waals surface area contributed by atoms with E-state index in [0.29, 0.717) is 6.54 Å². The molecule has 2 aromatic heterocycles. The van der Waals surface area contributed by atoms with E-state index in [4.69, 9.17) is 5.73 Å². The number of rotatable bonds is 2. The molecule has 6 nitrogen and oxygen atoms in total. The summed E-state index contributed by atoms with van der Waals surface area (Å²) in [6.07, 6.45) is 2.55. The van der Waals surface area contributed by atoms with Gasteiger partial charge in [-0.25, -0.2) is 4.98 Å². The van der Waals surface area contributed by atoms with E-state index >= 15 is 0 Å². The van der Waals surface area contributed by atoms with E-state index in [1.54, 1.807) is 6.20 Å². The molecule has 3 rings (SSSR count). The lowest BCUT2D eigenvalue weighted by molar-refractivity contribution is 0.241. The highest BCUT2D eigenvalue weighted by Crippen LogP contribution is 2.17. The molecule has 0 saturated carbocycles. The Bertz CT molecular complexity index is 694. The average molecular weight is 271 g/mol. The molecule has 0 amide bonds. The van der Waals surface area contributed by atoms with Crippen molar-refractivity contribution in [3.8, 4) is 0 Å². The number of nitrogens with two attached hydrogens (primary N) is 1. The van der Waals surface area contributed by atoms with Gasteiger partial charge in [-0.05, 0) is 18.6 Å². The summed E-state index contributed by atoms with van der Waals surface area (Å²) in [5, 5.41) is 0. The summed E-state index contributed by atoms with van der Waals surface area (Å²) in [6, 6.07) is 4.01. The molecule has 3 N–H and O–H groups in total. The molecule has 0 radical (unpaired) electrons. The minimum absolute atomic E-state index is 0.125. The first-order valence-corrected chi connectivity index (χ1v) is 6.64. The number of aromatic amines is 1. The number of aryl methyl sites for hydroxylation is 1. The third-order valence-corrected chi connectivity index (χ3v) is 3.68. The highest BCUT2D eigenvalue weighted by molar-refractivity contribution is 5.27. The predicted molar refractivity (Wildman–Crippen MR) is 76.1 cm³/mol. The predicted octanol–water partition coefficient (Wildman–Crippen LogP) is 0.614. The summed E-state index contributed by atoms with van der Waals surface area (Å²) < 4.78 is 0. The van der Waals surface area contributed by atoms with Crippen LogP contribution in [0.15, 0.2) is 23.1 Å². The maximum atomic E-state index is 11.9. The van der Waals surface area contributed by atoms with E-state index < -0.39 is 0 Å². The molecule has 0 spiro atoms. The van der Waals surface area contributed by atoms with Crippen LogP contribution in [0, 0.1) is 6.92 Å². The Balaban J connectivity index is 1.83. The van der Waals surface area contributed by atoms with E-state index in [1.807, 2.05) is 13.0 Å². The van der Waals surface area contributed by atoms with Gasteiger partial charge in [-0.3, -0.25) is 19.7 Å². The summed E-state index contributed by atoms with van der Waals surface area (Å²) in [6.45, 7) is 4.27. The van der Waals surface area contributed by atoms with Gasteiger partial charge in [0.05, 0.1) is 11.3 Å². The first-order chi connectivity index (χ1) is 9.63. The van der Waals surface area contributed by atoms with Gasteiger partial charge in [-0.15, -0.1) is 0 Å². The molecule has 0 saturated heterocycles. The molecule has 1 aliphatic rings. The lowest BCUT2D eigenvalue weighted by atomic mass is 10.1. The van der Waals surface area contributed by atoms with Crippen molar-refractivity contribution in [2.75, 3.05) is 12.3 Å². The molecule has 1 aliphatic heterocycles. The lowest BCUT2D eigenvalue weighted by Crippen LogP contribution is -2.35. The van der Waals surface area contributed by atoms with E-state index in [-0.39, 0.29) is 11.5 Å². The van der Waals surface area contributed by atoms with Gasteiger partial charge in [0.2, 0.25) is 5.95 Å². The number of H-pyrrole nitrogens is 1.